The molecule has 0 aliphatic carbocycles. The molecule has 68 valence electrons. The summed E-state index contributed by atoms with van der Waals surface area (Å²) in [4.78, 5) is 19.9. The van der Waals surface area contributed by atoms with Crippen LogP contribution >= 0.6 is 0 Å². The first-order chi connectivity index (χ1) is 6.20. The maximum absolute atomic E-state index is 10.4. The average Bonchev–Trinajstić information content (AvgIpc) is 2.16. The SMILES string of the molecule is O=Nc1cccc([N+](=O)[O-])c1CO. The maximum Gasteiger partial charge on any atom is 0.277 e. The molecule has 0 heterocycles. The zero-order valence-corrected chi connectivity index (χ0v) is 6.51. The number of rotatable bonds is 3. The van der Waals surface area contributed by atoms with Crippen LogP contribution in [0, 0.1) is 15.0 Å². The van der Waals surface area contributed by atoms with Crippen molar-refractivity contribution in [2.24, 2.45) is 5.18 Å². The van der Waals surface area contributed by atoms with Crippen LogP contribution in [0.4, 0.5) is 11.4 Å². The van der Waals surface area contributed by atoms with Gasteiger partial charge in [0.25, 0.3) is 5.69 Å². The third-order valence-electron chi connectivity index (χ3n) is 1.58. The van der Waals surface area contributed by atoms with Crippen molar-refractivity contribution >= 4 is 11.4 Å². The van der Waals surface area contributed by atoms with Gasteiger partial charge in [0.1, 0.15) is 5.69 Å². The molecule has 0 saturated heterocycles. The zero-order chi connectivity index (χ0) is 9.84. The Kier molecular flexibility index (Phi) is 2.65. The number of hydrogen-bond donors (Lipinski definition) is 1. The van der Waals surface area contributed by atoms with Gasteiger partial charge in [-0.3, -0.25) is 10.1 Å². The van der Waals surface area contributed by atoms with Crippen molar-refractivity contribution in [1.82, 2.24) is 0 Å². The molecular formula is C7H6N2O4. The molecule has 0 unspecified atom stereocenters. The van der Waals surface area contributed by atoms with E-state index in [4.69, 9.17) is 5.11 Å². The highest BCUT2D eigenvalue weighted by Crippen LogP contribution is 2.27. The largest absolute Gasteiger partial charge is 0.391 e. The number of nitro groups is 1. The Morgan fingerprint density at radius 2 is 2.23 bits per heavy atom. The Labute approximate surface area is 72.9 Å². The predicted octanol–water partition coefficient (Wildman–Crippen LogP) is 1.49. The van der Waals surface area contributed by atoms with E-state index in [1.165, 1.54) is 18.2 Å². The van der Waals surface area contributed by atoms with Gasteiger partial charge < -0.3 is 5.11 Å². The lowest BCUT2D eigenvalue weighted by atomic mass is 10.1. The second kappa shape index (κ2) is 3.72. The van der Waals surface area contributed by atoms with Gasteiger partial charge in [-0.15, -0.1) is 4.91 Å². The standard InChI is InChI=1S/C7H6N2O4/c10-4-5-6(8-11)2-1-3-7(5)9(12)13/h1-3,10H,4H2. The van der Waals surface area contributed by atoms with Crippen molar-refractivity contribution < 1.29 is 10.0 Å². The van der Waals surface area contributed by atoms with Gasteiger partial charge in [0.15, 0.2) is 0 Å². The monoisotopic (exact) mass is 182 g/mol. The van der Waals surface area contributed by atoms with E-state index in [-0.39, 0.29) is 16.9 Å². The first-order valence-corrected chi connectivity index (χ1v) is 3.41. The number of benzene rings is 1. The maximum atomic E-state index is 10.4. The first-order valence-electron chi connectivity index (χ1n) is 3.41. The molecule has 6 nitrogen and oxygen atoms in total. The lowest BCUT2D eigenvalue weighted by Gasteiger charge is -1.99. The van der Waals surface area contributed by atoms with Crippen LogP contribution < -0.4 is 0 Å². The summed E-state index contributed by atoms with van der Waals surface area (Å²) in [6.45, 7) is -0.571. The Morgan fingerprint density at radius 1 is 1.54 bits per heavy atom. The lowest BCUT2D eigenvalue weighted by molar-refractivity contribution is -0.385. The van der Waals surface area contributed by atoms with E-state index in [0.29, 0.717) is 0 Å². The fourth-order valence-electron chi connectivity index (χ4n) is 0.981. The van der Waals surface area contributed by atoms with Crippen LogP contribution in [0.5, 0.6) is 0 Å². The molecule has 13 heavy (non-hydrogen) atoms. The fourth-order valence-corrected chi connectivity index (χ4v) is 0.981. The van der Waals surface area contributed by atoms with Crippen molar-refractivity contribution in [2.45, 2.75) is 6.61 Å². The summed E-state index contributed by atoms with van der Waals surface area (Å²) in [6.07, 6.45) is 0. The summed E-state index contributed by atoms with van der Waals surface area (Å²) in [5.74, 6) is 0. The highest BCUT2D eigenvalue weighted by molar-refractivity contribution is 5.56. The molecule has 0 aliphatic rings. The second-order valence-corrected chi connectivity index (χ2v) is 2.28. The molecule has 0 amide bonds. The Morgan fingerprint density at radius 3 is 2.69 bits per heavy atom. The van der Waals surface area contributed by atoms with E-state index in [2.05, 4.69) is 5.18 Å². The van der Waals surface area contributed by atoms with Crippen molar-refractivity contribution in [2.75, 3.05) is 0 Å². The summed E-state index contributed by atoms with van der Waals surface area (Å²) >= 11 is 0. The molecule has 1 aromatic carbocycles. The number of hydrogen-bond acceptors (Lipinski definition) is 5. The Balaban J connectivity index is 3.35. The quantitative estimate of drug-likeness (QED) is 0.435. The highest BCUT2D eigenvalue weighted by Gasteiger charge is 2.16. The van der Waals surface area contributed by atoms with Crippen LogP contribution in [-0.2, 0) is 6.61 Å². The minimum Gasteiger partial charge on any atom is -0.391 e. The molecule has 0 fully saturated rings. The summed E-state index contributed by atoms with van der Waals surface area (Å²) < 4.78 is 0. The molecule has 6 heteroatoms. The topological polar surface area (TPSA) is 92.8 Å². The second-order valence-electron chi connectivity index (χ2n) is 2.28. The molecule has 1 rings (SSSR count). The fraction of sp³-hybridized carbons (Fsp3) is 0.143. The van der Waals surface area contributed by atoms with Crippen molar-refractivity contribution in [3.63, 3.8) is 0 Å². The van der Waals surface area contributed by atoms with Crippen LogP contribution in [0.1, 0.15) is 5.56 Å². The van der Waals surface area contributed by atoms with E-state index < -0.39 is 11.5 Å². The van der Waals surface area contributed by atoms with Gasteiger partial charge in [0, 0.05) is 6.07 Å². The minimum absolute atomic E-state index is 0.0532. The molecule has 0 aliphatic heterocycles. The van der Waals surface area contributed by atoms with Gasteiger partial charge in [-0.2, -0.15) is 0 Å². The average molecular weight is 182 g/mol. The molecule has 0 spiro atoms. The van der Waals surface area contributed by atoms with Gasteiger partial charge in [-0.05, 0) is 11.2 Å². The van der Waals surface area contributed by atoms with Crippen LogP contribution in [-0.4, -0.2) is 10.0 Å². The minimum atomic E-state index is -0.666. The third kappa shape index (κ3) is 1.67. The summed E-state index contributed by atoms with van der Waals surface area (Å²) in [7, 11) is 0. The number of aliphatic hydroxyl groups is 1. The molecule has 0 saturated carbocycles. The van der Waals surface area contributed by atoms with Gasteiger partial charge in [-0.1, -0.05) is 6.07 Å². The highest BCUT2D eigenvalue weighted by atomic mass is 16.6. The first kappa shape index (κ1) is 9.27. The van der Waals surface area contributed by atoms with Crippen molar-refractivity contribution in [1.29, 1.82) is 0 Å². The van der Waals surface area contributed by atoms with Gasteiger partial charge >= 0.3 is 0 Å². The Hall–Kier alpha value is -1.82. The number of nitrogens with zero attached hydrogens (tertiary/aromatic N) is 2. The van der Waals surface area contributed by atoms with E-state index in [9.17, 15) is 15.0 Å². The number of aliphatic hydroxyl groups excluding tert-OH is 1. The van der Waals surface area contributed by atoms with Crippen LogP contribution in [0.25, 0.3) is 0 Å². The zero-order valence-electron chi connectivity index (χ0n) is 6.51. The van der Waals surface area contributed by atoms with Gasteiger partial charge in [0.2, 0.25) is 0 Å². The van der Waals surface area contributed by atoms with Crippen LogP contribution in [0.2, 0.25) is 0 Å². The smallest absolute Gasteiger partial charge is 0.277 e. The molecule has 1 aromatic rings. The molecular weight excluding hydrogens is 176 g/mol. The molecule has 0 aromatic heterocycles. The summed E-state index contributed by atoms with van der Waals surface area (Å²) in [5.41, 5.74) is -0.446. The third-order valence-corrected chi connectivity index (χ3v) is 1.58. The molecule has 0 bridgehead atoms. The molecule has 0 atom stereocenters. The van der Waals surface area contributed by atoms with Gasteiger partial charge in [0.05, 0.1) is 17.1 Å². The number of nitroso groups, excluding NO2 is 1. The lowest BCUT2D eigenvalue weighted by Crippen LogP contribution is -1.95. The van der Waals surface area contributed by atoms with E-state index in [1.54, 1.807) is 0 Å². The number of nitro benzene ring substituents is 1. The van der Waals surface area contributed by atoms with Crippen LogP contribution in [0.15, 0.2) is 23.4 Å². The van der Waals surface area contributed by atoms with Gasteiger partial charge in [-0.25, -0.2) is 0 Å². The van der Waals surface area contributed by atoms with E-state index in [0.717, 1.165) is 0 Å². The van der Waals surface area contributed by atoms with Crippen molar-refractivity contribution in [3.05, 3.63) is 38.8 Å². The predicted molar refractivity (Wildman–Crippen MR) is 44.5 cm³/mol. The summed E-state index contributed by atoms with van der Waals surface area (Å²) in [6, 6.07) is 3.86. The van der Waals surface area contributed by atoms with Crippen molar-refractivity contribution in [3.8, 4) is 0 Å². The summed E-state index contributed by atoms with van der Waals surface area (Å²) in [5, 5.41) is 21.7. The Bertz CT molecular complexity index is 350. The normalized spacial score (nSPS) is 9.62. The molecule has 0 radical (unpaired) electrons. The van der Waals surface area contributed by atoms with E-state index >= 15 is 0 Å². The molecule has 1 N–H and O–H groups in total. The van der Waals surface area contributed by atoms with E-state index in [1.807, 2.05) is 0 Å². The van der Waals surface area contributed by atoms with Crippen LogP contribution in [0.3, 0.4) is 0 Å².